The molecule has 0 aliphatic heterocycles. The molecule has 2 amide bonds. The number of carbonyl (C=O) groups excluding carboxylic acids is 1. The van der Waals surface area contributed by atoms with E-state index in [1.807, 2.05) is 32.9 Å². The van der Waals surface area contributed by atoms with Crippen LogP contribution in [0.25, 0.3) is 0 Å². The molecule has 0 aliphatic rings. The topological polar surface area (TPSA) is 82.5 Å². The fourth-order valence-electron chi connectivity index (χ4n) is 1.98. The van der Waals surface area contributed by atoms with E-state index in [1.165, 1.54) is 4.90 Å². The summed E-state index contributed by atoms with van der Waals surface area (Å²) < 4.78 is 0. The highest BCUT2D eigenvalue weighted by Gasteiger charge is 2.22. The highest BCUT2D eigenvalue weighted by molar-refractivity contribution is 5.75. The molecule has 116 valence electrons. The maximum absolute atomic E-state index is 12.1. The minimum absolute atomic E-state index is 0.0706. The summed E-state index contributed by atoms with van der Waals surface area (Å²) in [7, 11) is 1.58. The molecule has 0 aliphatic carbocycles. The number of carboxylic acid groups (broad SMARTS) is 1. The molecule has 0 bridgehead atoms. The number of carbonyl (C=O) groups is 2. The first-order valence-corrected chi connectivity index (χ1v) is 6.97. The zero-order valence-corrected chi connectivity index (χ0v) is 13.0. The Morgan fingerprint density at radius 2 is 2.10 bits per heavy atom. The van der Waals surface area contributed by atoms with Crippen molar-refractivity contribution in [3.8, 4) is 0 Å². The molecule has 1 unspecified atom stereocenters. The third-order valence-corrected chi connectivity index (χ3v) is 3.30. The van der Waals surface area contributed by atoms with Crippen molar-refractivity contribution in [2.24, 2.45) is 5.92 Å². The van der Waals surface area contributed by atoms with Gasteiger partial charge in [0, 0.05) is 19.8 Å². The Kier molecular flexibility index (Phi) is 6.14. The number of aryl methyl sites for hydroxylation is 1. The van der Waals surface area contributed by atoms with E-state index in [0.717, 1.165) is 11.3 Å². The first kappa shape index (κ1) is 16.9. The van der Waals surface area contributed by atoms with Crippen LogP contribution >= 0.6 is 0 Å². The van der Waals surface area contributed by atoms with Crippen LogP contribution in [0.5, 0.6) is 0 Å². The van der Waals surface area contributed by atoms with Crippen LogP contribution in [0, 0.1) is 12.8 Å². The summed E-state index contributed by atoms with van der Waals surface area (Å²) in [6.45, 7) is 6.15. The minimum Gasteiger partial charge on any atom is -0.481 e. The van der Waals surface area contributed by atoms with Gasteiger partial charge in [-0.2, -0.15) is 0 Å². The van der Waals surface area contributed by atoms with E-state index in [0.29, 0.717) is 0 Å². The average molecular weight is 293 g/mol. The summed E-state index contributed by atoms with van der Waals surface area (Å²) in [5.41, 5.74) is 1.86. The summed E-state index contributed by atoms with van der Waals surface area (Å²) in [5.74, 6) is -0.744. The smallest absolute Gasteiger partial charge is 0.317 e. The molecule has 1 aromatic heterocycles. The summed E-state index contributed by atoms with van der Waals surface area (Å²) in [6.07, 6.45) is 1.64. The lowest BCUT2D eigenvalue weighted by molar-refractivity contribution is -0.137. The normalized spacial score (nSPS) is 12.0. The van der Waals surface area contributed by atoms with Crippen molar-refractivity contribution in [3.63, 3.8) is 0 Å². The van der Waals surface area contributed by atoms with Crippen LogP contribution in [-0.2, 0) is 4.79 Å². The van der Waals surface area contributed by atoms with Gasteiger partial charge in [0.15, 0.2) is 0 Å². The van der Waals surface area contributed by atoms with Crippen molar-refractivity contribution in [3.05, 3.63) is 29.6 Å². The molecule has 1 rings (SSSR count). The second-order valence-electron chi connectivity index (χ2n) is 5.44. The first-order valence-electron chi connectivity index (χ1n) is 6.97. The predicted octanol–water partition coefficient (Wildman–Crippen LogP) is 2.20. The van der Waals surface area contributed by atoms with E-state index < -0.39 is 5.97 Å². The highest BCUT2D eigenvalue weighted by atomic mass is 16.4. The number of carboxylic acids is 1. The van der Waals surface area contributed by atoms with Crippen molar-refractivity contribution in [2.45, 2.75) is 33.2 Å². The molecule has 6 nitrogen and oxygen atoms in total. The summed E-state index contributed by atoms with van der Waals surface area (Å²) in [4.78, 5) is 28.4. The number of hydrogen-bond acceptors (Lipinski definition) is 3. The van der Waals surface area contributed by atoms with Gasteiger partial charge in [0.05, 0.1) is 18.2 Å². The monoisotopic (exact) mass is 293 g/mol. The number of pyridine rings is 1. The van der Waals surface area contributed by atoms with Gasteiger partial charge >= 0.3 is 12.0 Å². The van der Waals surface area contributed by atoms with E-state index in [9.17, 15) is 9.59 Å². The highest BCUT2D eigenvalue weighted by Crippen LogP contribution is 2.22. The van der Waals surface area contributed by atoms with Crippen molar-refractivity contribution in [1.82, 2.24) is 15.2 Å². The van der Waals surface area contributed by atoms with Crippen LogP contribution in [0.15, 0.2) is 18.3 Å². The van der Waals surface area contributed by atoms with Crippen LogP contribution in [0.1, 0.15) is 37.6 Å². The lowest BCUT2D eigenvalue weighted by Gasteiger charge is -2.26. The molecular weight excluding hydrogens is 270 g/mol. The Balaban J connectivity index is 2.78. The minimum atomic E-state index is -0.921. The quantitative estimate of drug-likeness (QED) is 0.842. The third kappa shape index (κ3) is 5.06. The van der Waals surface area contributed by atoms with Gasteiger partial charge in [0.25, 0.3) is 0 Å². The molecule has 0 aromatic carbocycles. The molecule has 0 radical (unpaired) electrons. The third-order valence-electron chi connectivity index (χ3n) is 3.30. The SMILES string of the molecule is Cc1cccnc1C(NC(=O)N(C)CCC(=O)O)C(C)C. The van der Waals surface area contributed by atoms with Crippen LogP contribution in [-0.4, -0.2) is 40.6 Å². The Bertz CT molecular complexity index is 503. The van der Waals surface area contributed by atoms with Crippen molar-refractivity contribution in [1.29, 1.82) is 0 Å². The van der Waals surface area contributed by atoms with Crippen LogP contribution in [0.2, 0.25) is 0 Å². The number of urea groups is 1. The van der Waals surface area contributed by atoms with Gasteiger partial charge in [-0.05, 0) is 24.5 Å². The van der Waals surface area contributed by atoms with Crippen molar-refractivity contribution in [2.75, 3.05) is 13.6 Å². The molecule has 1 heterocycles. The first-order chi connectivity index (χ1) is 9.82. The zero-order chi connectivity index (χ0) is 16.0. The lowest BCUT2D eigenvalue weighted by Crippen LogP contribution is -2.42. The van der Waals surface area contributed by atoms with Gasteiger partial charge in [0.2, 0.25) is 0 Å². The number of rotatable bonds is 6. The number of aromatic nitrogens is 1. The Hall–Kier alpha value is -2.11. The van der Waals surface area contributed by atoms with Gasteiger partial charge in [-0.3, -0.25) is 9.78 Å². The molecule has 2 N–H and O–H groups in total. The van der Waals surface area contributed by atoms with E-state index in [1.54, 1.807) is 13.2 Å². The fourth-order valence-corrected chi connectivity index (χ4v) is 1.98. The fraction of sp³-hybridized carbons (Fsp3) is 0.533. The number of hydrogen-bond donors (Lipinski definition) is 2. The average Bonchev–Trinajstić information content (AvgIpc) is 2.42. The molecule has 0 fully saturated rings. The van der Waals surface area contributed by atoms with Crippen molar-refractivity contribution >= 4 is 12.0 Å². The van der Waals surface area contributed by atoms with E-state index in [2.05, 4.69) is 10.3 Å². The van der Waals surface area contributed by atoms with Crippen LogP contribution in [0.3, 0.4) is 0 Å². The summed E-state index contributed by atoms with van der Waals surface area (Å²) in [6, 6.07) is 3.32. The van der Waals surface area contributed by atoms with Crippen LogP contribution < -0.4 is 5.32 Å². The van der Waals surface area contributed by atoms with Crippen molar-refractivity contribution < 1.29 is 14.7 Å². The molecule has 1 aromatic rings. The van der Waals surface area contributed by atoms with Gasteiger partial charge in [-0.1, -0.05) is 19.9 Å². The maximum atomic E-state index is 12.1. The summed E-state index contributed by atoms with van der Waals surface area (Å²) in [5, 5.41) is 11.6. The Morgan fingerprint density at radius 1 is 1.43 bits per heavy atom. The number of nitrogens with zero attached hydrogens (tertiary/aromatic N) is 2. The Morgan fingerprint density at radius 3 is 2.62 bits per heavy atom. The second-order valence-corrected chi connectivity index (χ2v) is 5.44. The zero-order valence-electron chi connectivity index (χ0n) is 13.0. The molecule has 6 heteroatoms. The molecule has 0 spiro atoms. The predicted molar refractivity (Wildman–Crippen MR) is 80.0 cm³/mol. The molecular formula is C15H23N3O3. The largest absolute Gasteiger partial charge is 0.481 e. The number of nitrogens with one attached hydrogen (secondary N) is 1. The van der Waals surface area contributed by atoms with Gasteiger partial charge in [-0.25, -0.2) is 4.79 Å². The van der Waals surface area contributed by atoms with Gasteiger partial charge < -0.3 is 15.3 Å². The molecule has 0 saturated heterocycles. The van der Waals surface area contributed by atoms with E-state index >= 15 is 0 Å². The van der Waals surface area contributed by atoms with Gasteiger partial charge in [0.1, 0.15) is 0 Å². The number of aliphatic carboxylic acids is 1. The number of amides is 2. The maximum Gasteiger partial charge on any atom is 0.317 e. The summed E-state index contributed by atoms with van der Waals surface area (Å²) >= 11 is 0. The molecule has 1 atom stereocenters. The second kappa shape index (κ2) is 7.61. The lowest BCUT2D eigenvalue weighted by atomic mass is 9.97. The molecule has 21 heavy (non-hydrogen) atoms. The van der Waals surface area contributed by atoms with Gasteiger partial charge in [-0.15, -0.1) is 0 Å². The van der Waals surface area contributed by atoms with Crippen LogP contribution in [0.4, 0.5) is 4.79 Å². The standard InChI is InChI=1S/C15H23N3O3/c1-10(2)13(14-11(3)6-5-8-16-14)17-15(21)18(4)9-7-12(19)20/h5-6,8,10,13H,7,9H2,1-4H3,(H,17,21)(H,19,20). The Labute approximate surface area is 125 Å². The molecule has 0 saturated carbocycles. The van der Waals surface area contributed by atoms with E-state index in [-0.39, 0.29) is 31.0 Å². The van der Waals surface area contributed by atoms with E-state index in [4.69, 9.17) is 5.11 Å².